The molecule has 1 aliphatic carbocycles. The van der Waals surface area contributed by atoms with Crippen molar-refractivity contribution >= 4 is 63.2 Å². The molecule has 6 nitrogen and oxygen atoms in total. The molecule has 0 spiro atoms. The van der Waals surface area contributed by atoms with E-state index in [2.05, 4.69) is 10.6 Å². The lowest BCUT2D eigenvalue weighted by Crippen LogP contribution is -2.20. The Morgan fingerprint density at radius 1 is 0.925 bits per heavy atom. The maximum Gasteiger partial charge on any atom is 0.341 e. The molecule has 0 saturated carbocycles. The molecule has 204 valence electrons. The first-order valence-electron chi connectivity index (χ1n) is 12.8. The van der Waals surface area contributed by atoms with Crippen molar-refractivity contribution < 1.29 is 19.1 Å². The molecule has 9 heteroatoms. The maximum atomic E-state index is 13.8. The summed E-state index contributed by atoms with van der Waals surface area (Å²) in [6.07, 6.45) is 3.77. The molecule has 4 aromatic rings. The number of aryl methyl sites for hydroxylation is 1. The summed E-state index contributed by atoms with van der Waals surface area (Å²) in [7, 11) is 1.36. The Labute approximate surface area is 246 Å². The fourth-order valence-electron chi connectivity index (χ4n) is 4.67. The summed E-state index contributed by atoms with van der Waals surface area (Å²) in [5, 5.41) is 6.36. The highest BCUT2D eigenvalue weighted by molar-refractivity contribution is 8.00. The summed E-state index contributed by atoms with van der Waals surface area (Å²) in [5.41, 5.74) is 3.33. The number of benzene rings is 3. The summed E-state index contributed by atoms with van der Waals surface area (Å²) in [5.74, 6) is -0.950. The number of nitrogens with one attached hydrogen (secondary N) is 2. The summed E-state index contributed by atoms with van der Waals surface area (Å²) >= 11 is 8.87. The topological polar surface area (TPSA) is 84.5 Å². The SMILES string of the molecule is COC(=O)c1c(NC(=O)C(Sc2cccc(NC(=O)c3cccc(Cl)c3)c2)c2ccccc2)sc2c1CCCC2. The number of anilines is 2. The normalized spacial score (nSPS) is 13.2. The Morgan fingerprint density at radius 3 is 2.48 bits per heavy atom. The smallest absolute Gasteiger partial charge is 0.341 e. The van der Waals surface area contributed by atoms with Crippen molar-refractivity contribution in [1.29, 1.82) is 0 Å². The largest absolute Gasteiger partial charge is 0.465 e. The zero-order valence-electron chi connectivity index (χ0n) is 21.7. The number of halogens is 1. The predicted molar refractivity (Wildman–Crippen MR) is 162 cm³/mol. The molecule has 0 saturated heterocycles. The van der Waals surface area contributed by atoms with Gasteiger partial charge in [0.15, 0.2) is 0 Å². The van der Waals surface area contributed by atoms with Crippen LogP contribution in [0.25, 0.3) is 0 Å². The number of methoxy groups -OCH3 is 1. The van der Waals surface area contributed by atoms with E-state index in [0.29, 0.717) is 26.8 Å². The van der Waals surface area contributed by atoms with Crippen LogP contribution in [0, 0.1) is 0 Å². The van der Waals surface area contributed by atoms with Gasteiger partial charge in [0.05, 0.1) is 12.7 Å². The average Bonchev–Trinajstić information content (AvgIpc) is 3.33. The summed E-state index contributed by atoms with van der Waals surface area (Å²) in [4.78, 5) is 41.2. The molecule has 2 amide bonds. The first kappa shape index (κ1) is 28.0. The van der Waals surface area contributed by atoms with E-state index >= 15 is 0 Å². The van der Waals surface area contributed by atoms with Gasteiger partial charge in [-0.3, -0.25) is 9.59 Å². The van der Waals surface area contributed by atoms with E-state index in [1.54, 1.807) is 30.3 Å². The molecule has 3 aromatic carbocycles. The van der Waals surface area contributed by atoms with Crippen LogP contribution in [-0.4, -0.2) is 24.9 Å². The van der Waals surface area contributed by atoms with Crippen molar-refractivity contribution in [2.24, 2.45) is 0 Å². The van der Waals surface area contributed by atoms with Crippen molar-refractivity contribution in [3.05, 3.63) is 111 Å². The van der Waals surface area contributed by atoms with Gasteiger partial charge in [0, 0.05) is 26.0 Å². The minimum absolute atomic E-state index is 0.242. The summed E-state index contributed by atoms with van der Waals surface area (Å²) in [6.45, 7) is 0. The molecular weight excluding hydrogens is 564 g/mol. The molecule has 0 fully saturated rings. The van der Waals surface area contributed by atoms with E-state index < -0.39 is 11.2 Å². The second kappa shape index (κ2) is 12.7. The van der Waals surface area contributed by atoms with Crippen molar-refractivity contribution in [3.63, 3.8) is 0 Å². The molecular formula is C31H27ClN2O4S2. The lowest BCUT2D eigenvalue weighted by molar-refractivity contribution is -0.115. The van der Waals surface area contributed by atoms with E-state index in [9.17, 15) is 14.4 Å². The molecule has 0 bridgehead atoms. The van der Waals surface area contributed by atoms with Crippen LogP contribution >= 0.6 is 34.7 Å². The summed E-state index contributed by atoms with van der Waals surface area (Å²) < 4.78 is 5.08. The highest BCUT2D eigenvalue weighted by Gasteiger charge is 2.29. The van der Waals surface area contributed by atoms with Crippen molar-refractivity contribution in [2.45, 2.75) is 35.8 Å². The number of hydrogen-bond acceptors (Lipinski definition) is 6. The third-order valence-electron chi connectivity index (χ3n) is 6.57. The Kier molecular flexibility index (Phi) is 8.89. The van der Waals surface area contributed by atoms with Gasteiger partial charge >= 0.3 is 5.97 Å². The van der Waals surface area contributed by atoms with E-state index in [1.165, 1.54) is 30.2 Å². The van der Waals surface area contributed by atoms with Gasteiger partial charge in [-0.15, -0.1) is 23.1 Å². The Bertz CT molecular complexity index is 1550. The minimum atomic E-state index is -0.607. The molecule has 1 unspecified atom stereocenters. The molecule has 1 heterocycles. The number of thioether (sulfide) groups is 1. The average molecular weight is 591 g/mol. The van der Waals surface area contributed by atoms with Crippen molar-refractivity contribution in [1.82, 2.24) is 0 Å². The molecule has 40 heavy (non-hydrogen) atoms. The first-order valence-corrected chi connectivity index (χ1v) is 14.9. The van der Waals surface area contributed by atoms with Gasteiger partial charge in [0.25, 0.3) is 5.91 Å². The Balaban J connectivity index is 1.40. The van der Waals surface area contributed by atoms with Crippen LogP contribution in [0.5, 0.6) is 0 Å². The van der Waals surface area contributed by atoms with Gasteiger partial charge in [-0.05, 0) is 73.2 Å². The van der Waals surface area contributed by atoms with E-state index in [-0.39, 0.29) is 11.8 Å². The molecule has 1 atom stereocenters. The van der Waals surface area contributed by atoms with Gasteiger partial charge < -0.3 is 15.4 Å². The third kappa shape index (κ3) is 6.41. The fourth-order valence-corrected chi connectivity index (χ4v) is 7.22. The van der Waals surface area contributed by atoms with Crippen LogP contribution in [0.2, 0.25) is 5.02 Å². The Hall–Kier alpha value is -3.59. The zero-order chi connectivity index (χ0) is 28.1. The second-order valence-corrected chi connectivity index (χ2v) is 12.0. The van der Waals surface area contributed by atoms with Crippen LogP contribution in [-0.2, 0) is 22.4 Å². The monoisotopic (exact) mass is 590 g/mol. The highest BCUT2D eigenvalue weighted by Crippen LogP contribution is 2.41. The number of amides is 2. The second-order valence-electron chi connectivity index (χ2n) is 9.30. The molecule has 1 aromatic heterocycles. The van der Waals surface area contributed by atoms with Gasteiger partial charge in [-0.2, -0.15) is 0 Å². The minimum Gasteiger partial charge on any atom is -0.465 e. The van der Waals surface area contributed by atoms with Crippen LogP contribution in [0.15, 0.2) is 83.8 Å². The number of rotatable bonds is 8. The van der Waals surface area contributed by atoms with Gasteiger partial charge in [-0.25, -0.2) is 4.79 Å². The highest BCUT2D eigenvalue weighted by atomic mass is 35.5. The van der Waals surface area contributed by atoms with E-state index in [0.717, 1.165) is 46.6 Å². The predicted octanol–water partition coefficient (Wildman–Crippen LogP) is 7.79. The first-order chi connectivity index (χ1) is 19.4. The lowest BCUT2D eigenvalue weighted by Gasteiger charge is -2.18. The molecule has 2 N–H and O–H groups in total. The molecule has 1 aliphatic rings. The van der Waals surface area contributed by atoms with E-state index in [1.807, 2.05) is 48.5 Å². The lowest BCUT2D eigenvalue weighted by atomic mass is 9.95. The van der Waals surface area contributed by atoms with Crippen LogP contribution < -0.4 is 10.6 Å². The van der Waals surface area contributed by atoms with Gasteiger partial charge in [-0.1, -0.05) is 54.1 Å². The fraction of sp³-hybridized carbons (Fsp3) is 0.194. The van der Waals surface area contributed by atoms with Crippen molar-refractivity contribution in [2.75, 3.05) is 17.7 Å². The summed E-state index contributed by atoms with van der Waals surface area (Å²) in [6, 6.07) is 23.6. The molecule has 0 radical (unpaired) electrons. The van der Waals surface area contributed by atoms with E-state index in [4.69, 9.17) is 16.3 Å². The van der Waals surface area contributed by atoms with Crippen molar-refractivity contribution in [3.8, 4) is 0 Å². The number of ether oxygens (including phenoxy) is 1. The number of fused-ring (bicyclic) bond motifs is 1. The third-order valence-corrected chi connectivity index (χ3v) is 9.26. The number of hydrogen-bond donors (Lipinski definition) is 2. The maximum absolute atomic E-state index is 13.8. The quantitative estimate of drug-likeness (QED) is 0.162. The number of esters is 1. The molecule has 0 aliphatic heterocycles. The molecule has 5 rings (SSSR count). The van der Waals surface area contributed by atoms with Crippen LogP contribution in [0.3, 0.4) is 0 Å². The van der Waals surface area contributed by atoms with Gasteiger partial charge in [0.1, 0.15) is 10.3 Å². The number of carbonyl (C=O) groups is 3. The Morgan fingerprint density at radius 2 is 1.70 bits per heavy atom. The van der Waals surface area contributed by atoms with Crippen LogP contribution in [0.4, 0.5) is 10.7 Å². The standard InChI is InChI=1S/C31H27ClN2O4S2/c1-38-31(37)26-24-15-5-6-16-25(24)40-30(26)34-29(36)27(19-9-3-2-4-10-19)39-23-14-8-13-22(18-23)33-28(35)20-11-7-12-21(32)17-20/h2-4,7-14,17-18,27H,5-6,15-16H2,1H3,(H,33,35)(H,34,36). The number of carbonyl (C=O) groups excluding carboxylic acids is 3. The zero-order valence-corrected chi connectivity index (χ0v) is 24.1. The van der Waals surface area contributed by atoms with Crippen LogP contribution in [0.1, 0.15) is 54.8 Å². The van der Waals surface area contributed by atoms with Gasteiger partial charge in [0.2, 0.25) is 5.91 Å². The number of thiophene rings is 1.